The van der Waals surface area contributed by atoms with E-state index >= 15 is 0 Å². The molecule has 0 spiro atoms. The van der Waals surface area contributed by atoms with E-state index in [1.54, 1.807) is 6.07 Å². The maximum Gasteiger partial charge on any atom is 0.244 e. The molecule has 186 valence electrons. The molecule has 2 rings (SSSR count). The van der Waals surface area contributed by atoms with E-state index in [0.29, 0.717) is 18.7 Å². The number of amides is 2. The second-order valence-corrected chi connectivity index (χ2v) is 10.7. The van der Waals surface area contributed by atoms with Gasteiger partial charge in [-0.3, -0.25) is 13.9 Å². The normalized spacial score (nSPS) is 12.2. The number of rotatable bonds is 11. The Balaban J connectivity index is 2.45. The van der Waals surface area contributed by atoms with Crippen molar-refractivity contribution in [2.24, 2.45) is 0 Å². The first-order valence-corrected chi connectivity index (χ1v) is 13.5. The number of sulfonamides is 1. The van der Waals surface area contributed by atoms with Gasteiger partial charge in [0, 0.05) is 13.1 Å². The van der Waals surface area contributed by atoms with Crippen molar-refractivity contribution in [2.75, 3.05) is 23.7 Å². The average Bonchev–Trinajstić information content (AvgIpc) is 2.75. The van der Waals surface area contributed by atoms with Crippen molar-refractivity contribution in [1.29, 1.82) is 0 Å². The number of aryl methyl sites for hydroxylation is 3. The minimum Gasteiger partial charge on any atom is -0.354 e. The molecule has 2 amide bonds. The Hall–Kier alpha value is -2.87. The molecule has 34 heavy (non-hydrogen) atoms. The lowest BCUT2D eigenvalue weighted by Crippen LogP contribution is -2.52. The minimum atomic E-state index is -3.74. The van der Waals surface area contributed by atoms with Crippen molar-refractivity contribution in [3.8, 4) is 0 Å². The highest BCUT2D eigenvalue weighted by Crippen LogP contribution is 2.24. The molecule has 7 nitrogen and oxygen atoms in total. The molecule has 0 aliphatic heterocycles. The van der Waals surface area contributed by atoms with Gasteiger partial charge in [-0.2, -0.15) is 0 Å². The summed E-state index contributed by atoms with van der Waals surface area (Å²) in [5, 5.41) is 2.88. The molecule has 2 aromatic rings. The Kier molecular flexibility index (Phi) is 9.67. The van der Waals surface area contributed by atoms with Crippen LogP contribution in [0.4, 0.5) is 5.69 Å². The maximum absolute atomic E-state index is 13.7. The number of nitrogens with one attached hydrogen (secondary N) is 1. The van der Waals surface area contributed by atoms with Crippen LogP contribution in [-0.2, 0) is 26.2 Å². The lowest BCUT2D eigenvalue weighted by molar-refractivity contribution is -0.140. The van der Waals surface area contributed by atoms with E-state index in [0.717, 1.165) is 39.2 Å². The summed E-state index contributed by atoms with van der Waals surface area (Å²) in [7, 11) is -3.74. The van der Waals surface area contributed by atoms with Crippen LogP contribution >= 0.6 is 0 Å². The fourth-order valence-corrected chi connectivity index (χ4v) is 4.88. The van der Waals surface area contributed by atoms with Gasteiger partial charge in [0.05, 0.1) is 11.9 Å². The van der Waals surface area contributed by atoms with Gasteiger partial charge >= 0.3 is 0 Å². The van der Waals surface area contributed by atoms with E-state index in [1.165, 1.54) is 4.90 Å². The molecule has 0 saturated heterocycles. The highest BCUT2D eigenvalue weighted by Gasteiger charge is 2.32. The van der Waals surface area contributed by atoms with Crippen molar-refractivity contribution >= 4 is 27.5 Å². The lowest BCUT2D eigenvalue weighted by Gasteiger charge is -2.33. The van der Waals surface area contributed by atoms with Gasteiger partial charge in [0.1, 0.15) is 12.6 Å². The third kappa shape index (κ3) is 7.32. The third-order valence-corrected chi connectivity index (χ3v) is 6.80. The fraction of sp³-hybridized carbons (Fsp3) is 0.462. The molecule has 0 aliphatic carbocycles. The zero-order valence-electron chi connectivity index (χ0n) is 21.1. The minimum absolute atomic E-state index is 0.211. The van der Waals surface area contributed by atoms with Crippen LogP contribution in [0, 0.1) is 20.8 Å². The van der Waals surface area contributed by atoms with Crippen LogP contribution in [-0.4, -0.2) is 50.5 Å². The summed E-state index contributed by atoms with van der Waals surface area (Å²) in [5.41, 5.74) is 4.14. The predicted molar refractivity (Wildman–Crippen MR) is 137 cm³/mol. The largest absolute Gasteiger partial charge is 0.354 e. The zero-order valence-corrected chi connectivity index (χ0v) is 21.9. The Morgan fingerprint density at radius 2 is 1.68 bits per heavy atom. The number of nitrogens with zero attached hydrogens (tertiary/aromatic N) is 2. The standard InChI is InChI=1S/C26H37N3O4S/c1-7-14-27-26(31)23(8-2)28(17-22-11-9-10-19(3)16-22)25(30)18-29(34(6,32)33)24-13-12-20(4)15-21(24)5/h9-13,15-16,23H,7-8,14,17-18H2,1-6H3,(H,27,31). The first kappa shape index (κ1) is 27.4. The van der Waals surface area contributed by atoms with Crippen LogP contribution in [0.25, 0.3) is 0 Å². The van der Waals surface area contributed by atoms with Gasteiger partial charge in [0.15, 0.2) is 0 Å². The van der Waals surface area contributed by atoms with Gasteiger partial charge in [-0.05, 0) is 50.8 Å². The summed E-state index contributed by atoms with van der Waals surface area (Å²) in [4.78, 5) is 28.1. The fourth-order valence-electron chi connectivity index (χ4n) is 3.97. The van der Waals surface area contributed by atoms with Crippen molar-refractivity contribution in [3.63, 3.8) is 0 Å². The third-order valence-electron chi connectivity index (χ3n) is 5.67. The molecule has 0 saturated carbocycles. The van der Waals surface area contributed by atoms with Gasteiger partial charge in [0.2, 0.25) is 21.8 Å². The maximum atomic E-state index is 13.7. The number of hydrogen-bond donors (Lipinski definition) is 1. The van der Waals surface area contributed by atoms with Crippen LogP contribution in [0.3, 0.4) is 0 Å². The number of benzene rings is 2. The zero-order chi connectivity index (χ0) is 25.5. The summed E-state index contributed by atoms with van der Waals surface area (Å²) >= 11 is 0. The van der Waals surface area contributed by atoms with Gasteiger partial charge < -0.3 is 10.2 Å². The van der Waals surface area contributed by atoms with Gasteiger partial charge in [0.25, 0.3) is 0 Å². The smallest absolute Gasteiger partial charge is 0.244 e. The summed E-state index contributed by atoms with van der Waals surface area (Å²) in [6, 6.07) is 12.5. The Labute approximate surface area is 204 Å². The highest BCUT2D eigenvalue weighted by atomic mass is 32.2. The Morgan fingerprint density at radius 3 is 2.24 bits per heavy atom. The molecule has 0 fully saturated rings. The van der Waals surface area contributed by atoms with Crippen LogP contribution in [0.5, 0.6) is 0 Å². The summed E-state index contributed by atoms with van der Waals surface area (Å²) in [6.45, 7) is 9.87. The molecule has 0 heterocycles. The first-order chi connectivity index (χ1) is 16.0. The number of carbonyl (C=O) groups excluding carboxylic acids is 2. The molecule has 2 aromatic carbocycles. The molecule has 0 bridgehead atoms. The molecule has 0 aromatic heterocycles. The van der Waals surface area contributed by atoms with Gasteiger partial charge in [-0.25, -0.2) is 8.42 Å². The van der Waals surface area contributed by atoms with Crippen LogP contribution in [0.1, 0.15) is 48.9 Å². The molecule has 1 N–H and O–H groups in total. The molecule has 0 aliphatic rings. The second kappa shape index (κ2) is 12.0. The topological polar surface area (TPSA) is 86.8 Å². The van der Waals surface area contributed by atoms with Crippen LogP contribution in [0.2, 0.25) is 0 Å². The first-order valence-electron chi connectivity index (χ1n) is 11.7. The Morgan fingerprint density at radius 1 is 1.00 bits per heavy atom. The van der Waals surface area contributed by atoms with E-state index < -0.39 is 22.0 Å². The quantitative estimate of drug-likeness (QED) is 0.523. The molecular weight excluding hydrogens is 450 g/mol. The van der Waals surface area contributed by atoms with Gasteiger partial charge in [-0.1, -0.05) is 61.4 Å². The second-order valence-electron chi connectivity index (χ2n) is 8.79. The molecule has 0 radical (unpaired) electrons. The highest BCUT2D eigenvalue weighted by molar-refractivity contribution is 7.92. The van der Waals surface area contributed by atoms with E-state index in [1.807, 2.05) is 71.0 Å². The molecule has 1 atom stereocenters. The van der Waals surface area contributed by atoms with Crippen molar-refractivity contribution in [1.82, 2.24) is 10.2 Å². The number of carbonyl (C=O) groups is 2. The predicted octanol–water partition coefficient (Wildman–Crippen LogP) is 3.71. The van der Waals surface area contributed by atoms with E-state index in [-0.39, 0.29) is 19.0 Å². The van der Waals surface area contributed by atoms with Crippen LogP contribution in [0.15, 0.2) is 42.5 Å². The molecular formula is C26H37N3O4S. The van der Waals surface area contributed by atoms with E-state index in [4.69, 9.17) is 0 Å². The average molecular weight is 488 g/mol. The van der Waals surface area contributed by atoms with Crippen molar-refractivity contribution in [3.05, 3.63) is 64.7 Å². The molecule has 1 unspecified atom stereocenters. The SMILES string of the molecule is CCCNC(=O)C(CC)N(Cc1cccc(C)c1)C(=O)CN(c1ccc(C)cc1C)S(C)(=O)=O. The number of anilines is 1. The van der Waals surface area contributed by atoms with Crippen molar-refractivity contribution in [2.45, 2.75) is 60.0 Å². The lowest BCUT2D eigenvalue weighted by atomic mass is 10.1. The number of hydrogen-bond acceptors (Lipinski definition) is 4. The van der Waals surface area contributed by atoms with Gasteiger partial charge in [-0.15, -0.1) is 0 Å². The van der Waals surface area contributed by atoms with Crippen LogP contribution < -0.4 is 9.62 Å². The Bertz CT molecular complexity index is 1110. The summed E-state index contributed by atoms with van der Waals surface area (Å²) in [6.07, 6.45) is 2.29. The summed E-state index contributed by atoms with van der Waals surface area (Å²) in [5.74, 6) is -0.659. The monoisotopic (exact) mass is 487 g/mol. The van der Waals surface area contributed by atoms with E-state index in [9.17, 15) is 18.0 Å². The summed E-state index contributed by atoms with van der Waals surface area (Å²) < 4.78 is 26.6. The van der Waals surface area contributed by atoms with Crippen molar-refractivity contribution < 1.29 is 18.0 Å². The van der Waals surface area contributed by atoms with E-state index in [2.05, 4.69) is 5.32 Å². The molecule has 8 heteroatoms.